The normalized spacial score (nSPS) is 23.4. The smallest absolute Gasteiger partial charge is 0.282 e. The molecule has 0 spiro atoms. The van der Waals surface area contributed by atoms with Crippen LogP contribution >= 0.6 is 0 Å². The Morgan fingerprint density at radius 3 is 2.58 bits per heavy atom. The molecule has 5 nitrogen and oxygen atoms in total. The van der Waals surface area contributed by atoms with E-state index in [2.05, 4.69) is 17.2 Å². The van der Waals surface area contributed by atoms with Crippen LogP contribution in [-0.2, 0) is 6.54 Å². The largest absolute Gasteiger partial charge is 0.333 e. The fourth-order valence-electron chi connectivity index (χ4n) is 2.45. The Kier molecular flexibility index (Phi) is 3.57. The molecule has 0 radical (unpaired) electrons. The number of nitrogens with zero attached hydrogens (tertiary/aromatic N) is 2. The first kappa shape index (κ1) is 12.3. The second-order valence-corrected chi connectivity index (χ2v) is 5.26. The van der Waals surface area contributed by atoms with Gasteiger partial charge in [0.05, 0.1) is 7.05 Å². The van der Waals surface area contributed by atoms with Gasteiger partial charge in [-0.15, -0.1) is 0 Å². The van der Waals surface area contributed by atoms with Crippen LogP contribution in [0.2, 0.25) is 0 Å². The number of rotatable bonds is 3. The van der Waals surface area contributed by atoms with E-state index < -0.39 is 0 Å². The second-order valence-electron chi connectivity index (χ2n) is 5.26. The van der Waals surface area contributed by atoms with Gasteiger partial charge in [0, 0.05) is 5.56 Å². The third-order valence-corrected chi connectivity index (χ3v) is 3.71. The van der Waals surface area contributed by atoms with Crippen molar-refractivity contribution in [2.45, 2.75) is 6.54 Å². The lowest BCUT2D eigenvalue weighted by Gasteiger charge is -2.26. The monoisotopic (exact) mass is 260 g/mol. The van der Waals surface area contributed by atoms with Gasteiger partial charge in [-0.1, -0.05) is 35.5 Å². The first-order valence-corrected chi connectivity index (χ1v) is 6.84. The summed E-state index contributed by atoms with van der Waals surface area (Å²) < 4.78 is 5.36. The van der Waals surface area contributed by atoms with Crippen molar-refractivity contribution in [3.8, 4) is 11.4 Å². The molecule has 1 aliphatic heterocycles. The van der Waals surface area contributed by atoms with Gasteiger partial charge in [-0.25, -0.2) is 0 Å². The number of likely N-dealkylation sites (N-methyl/N-ethyl adjacent to an activating group) is 1. The number of quaternary nitrogens is 2. The Hall–Kier alpha value is -1.72. The molecule has 1 fully saturated rings. The Morgan fingerprint density at radius 1 is 1.11 bits per heavy atom. The molecule has 5 heteroatoms. The van der Waals surface area contributed by atoms with Gasteiger partial charge in [0.15, 0.2) is 6.54 Å². The molecule has 19 heavy (non-hydrogen) atoms. The standard InChI is InChI=1S/C14H18N4O/c1-17-7-9-18(10-8-17)11-13-15-14(16-19-13)12-5-3-2-4-6-12/h2-6H,7-11H2,1H3/p+2. The summed E-state index contributed by atoms with van der Waals surface area (Å²) >= 11 is 0. The first-order valence-electron chi connectivity index (χ1n) is 6.84. The zero-order valence-corrected chi connectivity index (χ0v) is 11.2. The topological polar surface area (TPSA) is 47.8 Å². The minimum absolute atomic E-state index is 0.690. The second kappa shape index (κ2) is 5.50. The van der Waals surface area contributed by atoms with E-state index in [9.17, 15) is 0 Å². The predicted molar refractivity (Wildman–Crippen MR) is 70.8 cm³/mol. The summed E-state index contributed by atoms with van der Waals surface area (Å²) in [6.45, 7) is 5.63. The van der Waals surface area contributed by atoms with Crippen LogP contribution in [0.4, 0.5) is 0 Å². The minimum Gasteiger partial charge on any atom is -0.333 e. The van der Waals surface area contributed by atoms with Crippen molar-refractivity contribution < 1.29 is 14.3 Å². The van der Waals surface area contributed by atoms with Gasteiger partial charge in [0.25, 0.3) is 5.89 Å². The highest BCUT2D eigenvalue weighted by molar-refractivity contribution is 5.53. The molecule has 0 amide bonds. The number of nitrogens with one attached hydrogen (secondary N) is 2. The van der Waals surface area contributed by atoms with E-state index in [1.165, 1.54) is 31.1 Å². The summed E-state index contributed by atoms with van der Waals surface area (Å²) in [6, 6.07) is 9.96. The SMILES string of the molecule is C[NH+]1CC[NH+](Cc2nc(-c3ccccc3)no2)CC1. The average Bonchev–Trinajstić information content (AvgIpc) is 2.91. The summed E-state index contributed by atoms with van der Waals surface area (Å²) in [4.78, 5) is 7.63. The van der Waals surface area contributed by atoms with Crippen molar-refractivity contribution in [2.75, 3.05) is 33.2 Å². The van der Waals surface area contributed by atoms with Crippen molar-refractivity contribution in [1.29, 1.82) is 0 Å². The third kappa shape index (κ3) is 3.00. The lowest BCUT2D eigenvalue weighted by atomic mass is 10.2. The van der Waals surface area contributed by atoms with Crippen molar-refractivity contribution in [3.63, 3.8) is 0 Å². The quantitative estimate of drug-likeness (QED) is 0.717. The number of aromatic nitrogens is 2. The van der Waals surface area contributed by atoms with E-state index in [0.29, 0.717) is 5.82 Å². The molecular formula is C14H20N4O+2. The molecule has 100 valence electrons. The predicted octanol–water partition coefficient (Wildman–Crippen LogP) is -1.35. The fourth-order valence-corrected chi connectivity index (χ4v) is 2.45. The Labute approximate surface area is 112 Å². The molecule has 1 aliphatic rings. The lowest BCUT2D eigenvalue weighted by Crippen LogP contribution is -3.26. The Morgan fingerprint density at radius 2 is 1.84 bits per heavy atom. The molecule has 2 heterocycles. The molecular weight excluding hydrogens is 240 g/mol. The summed E-state index contributed by atoms with van der Waals surface area (Å²) in [6.07, 6.45) is 0. The molecule has 3 rings (SSSR count). The molecule has 1 aromatic heterocycles. The van der Waals surface area contributed by atoms with Crippen molar-refractivity contribution in [3.05, 3.63) is 36.2 Å². The minimum atomic E-state index is 0.690. The van der Waals surface area contributed by atoms with Gasteiger partial charge in [-0.05, 0) is 0 Å². The Bertz CT molecular complexity index is 517. The molecule has 2 aromatic rings. The van der Waals surface area contributed by atoms with Crippen LogP contribution in [0.25, 0.3) is 11.4 Å². The van der Waals surface area contributed by atoms with Crippen molar-refractivity contribution in [2.24, 2.45) is 0 Å². The van der Waals surface area contributed by atoms with E-state index in [-0.39, 0.29) is 0 Å². The summed E-state index contributed by atoms with van der Waals surface area (Å²) in [5, 5.41) is 4.06. The molecule has 1 aromatic carbocycles. The number of hydrogen-bond donors (Lipinski definition) is 2. The summed E-state index contributed by atoms with van der Waals surface area (Å²) in [7, 11) is 2.25. The highest BCUT2D eigenvalue weighted by Gasteiger charge is 2.22. The van der Waals surface area contributed by atoms with Crippen LogP contribution in [0.1, 0.15) is 5.89 Å². The molecule has 1 saturated heterocycles. The van der Waals surface area contributed by atoms with Gasteiger partial charge < -0.3 is 14.3 Å². The van der Waals surface area contributed by atoms with Gasteiger partial charge in [-0.2, -0.15) is 4.98 Å². The molecule has 0 bridgehead atoms. The highest BCUT2D eigenvalue weighted by atomic mass is 16.5. The summed E-state index contributed by atoms with van der Waals surface area (Å²) in [5.41, 5.74) is 1.01. The molecule has 2 N–H and O–H groups in total. The van der Waals surface area contributed by atoms with Gasteiger partial charge >= 0.3 is 0 Å². The molecule has 0 atom stereocenters. The van der Waals surface area contributed by atoms with E-state index in [1.807, 2.05) is 30.3 Å². The van der Waals surface area contributed by atoms with E-state index in [4.69, 9.17) is 4.52 Å². The lowest BCUT2D eigenvalue weighted by molar-refractivity contribution is -1.01. The van der Waals surface area contributed by atoms with Gasteiger partial charge in [0.1, 0.15) is 26.2 Å². The fraction of sp³-hybridized carbons (Fsp3) is 0.429. The van der Waals surface area contributed by atoms with Crippen molar-refractivity contribution in [1.82, 2.24) is 10.1 Å². The van der Waals surface area contributed by atoms with Gasteiger partial charge in [0.2, 0.25) is 5.82 Å². The van der Waals surface area contributed by atoms with Crippen LogP contribution in [0.15, 0.2) is 34.9 Å². The van der Waals surface area contributed by atoms with Crippen LogP contribution in [0, 0.1) is 0 Å². The van der Waals surface area contributed by atoms with Gasteiger partial charge in [-0.3, -0.25) is 0 Å². The maximum Gasteiger partial charge on any atom is 0.282 e. The maximum atomic E-state index is 5.36. The first-order chi connectivity index (χ1) is 9.31. The van der Waals surface area contributed by atoms with E-state index in [0.717, 1.165) is 18.0 Å². The molecule has 0 saturated carbocycles. The van der Waals surface area contributed by atoms with Crippen molar-refractivity contribution >= 4 is 0 Å². The zero-order valence-electron chi connectivity index (χ0n) is 11.2. The highest BCUT2D eigenvalue weighted by Crippen LogP contribution is 2.14. The number of hydrogen-bond acceptors (Lipinski definition) is 3. The van der Waals surface area contributed by atoms with Crippen LogP contribution < -0.4 is 9.80 Å². The molecule has 0 aliphatic carbocycles. The number of piperazine rings is 1. The van der Waals surface area contributed by atoms with E-state index in [1.54, 1.807) is 4.90 Å². The zero-order chi connectivity index (χ0) is 13.1. The van der Waals surface area contributed by atoms with Crippen LogP contribution in [0.3, 0.4) is 0 Å². The number of benzene rings is 1. The third-order valence-electron chi connectivity index (χ3n) is 3.71. The average molecular weight is 260 g/mol. The van der Waals surface area contributed by atoms with Crippen LogP contribution in [-0.4, -0.2) is 43.4 Å². The summed E-state index contributed by atoms with van der Waals surface area (Å²) in [5.74, 6) is 1.43. The van der Waals surface area contributed by atoms with E-state index >= 15 is 0 Å². The van der Waals surface area contributed by atoms with Crippen LogP contribution in [0.5, 0.6) is 0 Å². The maximum absolute atomic E-state index is 5.36. The Balaban J connectivity index is 1.65. The molecule has 0 unspecified atom stereocenters.